The molecular weight excluding hydrogens is 724 g/mol. The van der Waals surface area contributed by atoms with Gasteiger partial charge in [0.05, 0.1) is 25.6 Å². The molecule has 24 nitrogen and oxygen atoms in total. The van der Waals surface area contributed by atoms with Crippen molar-refractivity contribution in [2.45, 2.75) is 101 Å². The van der Waals surface area contributed by atoms with Crippen molar-refractivity contribution < 1.29 is 68.1 Å². The van der Waals surface area contributed by atoms with Gasteiger partial charge in [-0.05, 0) is 31.6 Å². The lowest BCUT2D eigenvalue weighted by molar-refractivity contribution is -0.147. The van der Waals surface area contributed by atoms with Gasteiger partial charge in [0.1, 0.15) is 30.2 Å². The van der Waals surface area contributed by atoms with Gasteiger partial charge in [-0.2, -0.15) is 0 Å². The largest absolute Gasteiger partial charge is 0.481 e. The van der Waals surface area contributed by atoms with Gasteiger partial charge < -0.3 is 70.2 Å². The monoisotopic (exact) mass is 774 g/mol. The summed E-state index contributed by atoms with van der Waals surface area (Å²) in [6.07, 6.45) is -3.29. The van der Waals surface area contributed by atoms with E-state index in [2.05, 4.69) is 21.3 Å². The van der Waals surface area contributed by atoms with E-state index in [9.17, 15) is 63.0 Å². The van der Waals surface area contributed by atoms with Gasteiger partial charge in [-0.3, -0.25) is 47.9 Å². The molecular formula is C30H50N10O14. The standard InChI is InChI=1S/C30H50N10O14/c1-13(2)9-14(31)25(48)37-15(3-6-20(32)42)26(49)35-11-23(45)36-16(4-7-21(33)43)27(50)38-17(5-8-22(34)44)28(51)40-19(12-41)29(52)39-18(30(53)54)10-24(46)47/h13-19,41H,3-12,31H2,1-2H3,(H2,32,42)(H2,33,43)(H2,34,44)(H,35,49)(H,36,45)(H,37,48)(H,38,50)(H,39,52)(H,40,51)(H,46,47)(H,53,54). The predicted molar refractivity (Wildman–Crippen MR) is 182 cm³/mol. The zero-order valence-electron chi connectivity index (χ0n) is 29.8. The second-order valence-corrected chi connectivity index (χ2v) is 12.5. The summed E-state index contributed by atoms with van der Waals surface area (Å²) in [5, 5.41) is 40.7. The Morgan fingerprint density at radius 1 is 0.556 bits per heavy atom. The smallest absolute Gasteiger partial charge is 0.326 e. The molecule has 24 heteroatoms. The first kappa shape index (κ1) is 48.1. The Hall–Kier alpha value is -5.91. The highest BCUT2D eigenvalue weighted by molar-refractivity contribution is 5.97. The molecule has 9 amide bonds. The summed E-state index contributed by atoms with van der Waals surface area (Å²) in [5.41, 5.74) is 21.4. The molecule has 0 bridgehead atoms. The number of aliphatic hydroxyl groups excluding tert-OH is 1. The van der Waals surface area contributed by atoms with Gasteiger partial charge in [-0.15, -0.1) is 0 Å². The molecule has 6 atom stereocenters. The van der Waals surface area contributed by atoms with Crippen LogP contribution in [0, 0.1) is 5.92 Å². The van der Waals surface area contributed by atoms with Crippen molar-refractivity contribution in [3.05, 3.63) is 0 Å². The maximum absolute atomic E-state index is 13.3. The number of carbonyl (C=O) groups excluding carboxylic acids is 9. The first-order valence-corrected chi connectivity index (χ1v) is 16.5. The third-order valence-electron chi connectivity index (χ3n) is 7.25. The van der Waals surface area contributed by atoms with Gasteiger partial charge in [0.25, 0.3) is 0 Å². The number of carbonyl (C=O) groups is 11. The molecule has 0 radical (unpaired) electrons. The highest BCUT2D eigenvalue weighted by atomic mass is 16.4. The van der Waals surface area contributed by atoms with E-state index in [1.54, 1.807) is 0 Å². The van der Waals surface area contributed by atoms with Crippen molar-refractivity contribution in [3.8, 4) is 0 Å². The number of carboxylic acids is 2. The maximum atomic E-state index is 13.3. The first-order valence-electron chi connectivity index (χ1n) is 16.5. The molecule has 0 aromatic heterocycles. The molecule has 17 N–H and O–H groups in total. The fraction of sp³-hybridized carbons (Fsp3) is 0.633. The lowest BCUT2D eigenvalue weighted by Gasteiger charge is -2.25. The van der Waals surface area contributed by atoms with Crippen LogP contribution in [-0.2, 0) is 52.7 Å². The Labute approximate surface area is 308 Å². The highest BCUT2D eigenvalue weighted by Gasteiger charge is 2.32. The summed E-state index contributed by atoms with van der Waals surface area (Å²) in [4.78, 5) is 134. The Balaban J connectivity index is 5.93. The number of amides is 9. The molecule has 0 saturated heterocycles. The van der Waals surface area contributed by atoms with Gasteiger partial charge in [0, 0.05) is 19.3 Å². The van der Waals surface area contributed by atoms with E-state index in [0.717, 1.165) is 0 Å². The van der Waals surface area contributed by atoms with Crippen molar-refractivity contribution in [1.29, 1.82) is 0 Å². The summed E-state index contributed by atoms with van der Waals surface area (Å²) in [6.45, 7) is 1.70. The fourth-order valence-corrected chi connectivity index (χ4v) is 4.48. The molecule has 0 spiro atoms. The quantitative estimate of drug-likeness (QED) is 0.0369. The zero-order valence-corrected chi connectivity index (χ0v) is 29.8. The predicted octanol–water partition coefficient (Wildman–Crippen LogP) is -6.75. The normalized spacial score (nSPS) is 14.1. The van der Waals surface area contributed by atoms with Crippen molar-refractivity contribution in [2.24, 2.45) is 28.9 Å². The third kappa shape index (κ3) is 20.2. The summed E-state index contributed by atoms with van der Waals surface area (Å²) in [6, 6.07) is -9.47. The van der Waals surface area contributed by atoms with Crippen LogP contribution in [0.1, 0.15) is 65.2 Å². The Morgan fingerprint density at radius 2 is 0.944 bits per heavy atom. The van der Waals surface area contributed by atoms with Crippen LogP contribution in [0.4, 0.5) is 0 Å². The van der Waals surface area contributed by atoms with Gasteiger partial charge in [0.2, 0.25) is 53.2 Å². The number of rotatable bonds is 27. The molecule has 0 heterocycles. The minimum Gasteiger partial charge on any atom is -0.481 e. The molecule has 0 aliphatic heterocycles. The van der Waals surface area contributed by atoms with Crippen molar-refractivity contribution in [2.75, 3.05) is 13.2 Å². The minimum atomic E-state index is -1.95. The second-order valence-electron chi connectivity index (χ2n) is 12.5. The van der Waals surface area contributed by atoms with E-state index < -0.39 is 147 Å². The number of primary amides is 3. The average molecular weight is 775 g/mol. The van der Waals surface area contributed by atoms with Gasteiger partial charge >= 0.3 is 11.9 Å². The summed E-state index contributed by atoms with van der Waals surface area (Å²) in [5.74, 6) is -12.2. The Kier molecular flexibility index (Phi) is 21.7. The summed E-state index contributed by atoms with van der Waals surface area (Å²) < 4.78 is 0. The number of aliphatic hydroxyl groups is 1. The van der Waals surface area contributed by atoms with E-state index in [1.165, 1.54) is 0 Å². The van der Waals surface area contributed by atoms with Gasteiger partial charge in [-0.1, -0.05) is 13.8 Å². The average Bonchev–Trinajstić information content (AvgIpc) is 3.06. The Morgan fingerprint density at radius 3 is 1.35 bits per heavy atom. The molecule has 0 aliphatic rings. The number of nitrogens with one attached hydrogen (secondary N) is 6. The number of hydrogen-bond acceptors (Lipinski definition) is 13. The van der Waals surface area contributed by atoms with E-state index in [-0.39, 0.29) is 25.2 Å². The van der Waals surface area contributed by atoms with E-state index >= 15 is 0 Å². The van der Waals surface area contributed by atoms with Crippen LogP contribution in [0.15, 0.2) is 0 Å². The van der Waals surface area contributed by atoms with Crippen molar-refractivity contribution in [1.82, 2.24) is 31.9 Å². The van der Waals surface area contributed by atoms with Crippen LogP contribution in [-0.4, -0.2) is 130 Å². The number of hydrogen-bond donors (Lipinski definition) is 13. The number of aliphatic carboxylic acids is 2. The highest BCUT2D eigenvalue weighted by Crippen LogP contribution is 2.06. The molecule has 6 unspecified atom stereocenters. The summed E-state index contributed by atoms with van der Waals surface area (Å²) in [7, 11) is 0. The zero-order chi connectivity index (χ0) is 41.7. The molecule has 54 heavy (non-hydrogen) atoms. The SMILES string of the molecule is CC(C)CC(N)C(=O)NC(CCC(N)=O)C(=O)NCC(=O)NC(CCC(N)=O)C(=O)NC(CCC(N)=O)C(=O)NC(CO)C(=O)NC(CC(=O)O)C(=O)O. The second kappa shape index (κ2) is 24.4. The molecule has 0 aromatic rings. The molecule has 0 fully saturated rings. The van der Waals surface area contributed by atoms with Crippen LogP contribution in [0.5, 0.6) is 0 Å². The molecule has 0 aliphatic carbocycles. The first-order chi connectivity index (χ1) is 25.1. The fourth-order valence-electron chi connectivity index (χ4n) is 4.48. The van der Waals surface area contributed by atoms with Crippen LogP contribution in [0.3, 0.4) is 0 Å². The minimum absolute atomic E-state index is 0.0363. The summed E-state index contributed by atoms with van der Waals surface area (Å²) >= 11 is 0. The van der Waals surface area contributed by atoms with Crippen molar-refractivity contribution in [3.63, 3.8) is 0 Å². The van der Waals surface area contributed by atoms with E-state index in [0.29, 0.717) is 0 Å². The number of nitrogens with two attached hydrogens (primary N) is 4. The molecule has 304 valence electrons. The van der Waals surface area contributed by atoms with Crippen molar-refractivity contribution >= 4 is 65.1 Å². The van der Waals surface area contributed by atoms with E-state index in [4.69, 9.17) is 28.0 Å². The van der Waals surface area contributed by atoms with Crippen LogP contribution in [0.25, 0.3) is 0 Å². The molecule has 0 rings (SSSR count). The number of carboxylic acid groups (broad SMARTS) is 2. The molecule has 0 saturated carbocycles. The maximum Gasteiger partial charge on any atom is 0.326 e. The van der Waals surface area contributed by atoms with Gasteiger partial charge in [-0.25, -0.2) is 4.79 Å². The third-order valence-corrected chi connectivity index (χ3v) is 7.25. The lowest BCUT2D eigenvalue weighted by Crippen LogP contribution is -2.59. The topological polar surface area (TPSA) is 425 Å². The van der Waals surface area contributed by atoms with Gasteiger partial charge in [0.15, 0.2) is 0 Å². The van der Waals surface area contributed by atoms with Crippen LogP contribution < -0.4 is 54.8 Å². The van der Waals surface area contributed by atoms with Crippen LogP contribution >= 0.6 is 0 Å². The Bertz CT molecular complexity index is 1410. The van der Waals surface area contributed by atoms with Crippen LogP contribution in [0.2, 0.25) is 0 Å². The van der Waals surface area contributed by atoms with E-state index in [1.807, 2.05) is 24.5 Å². The molecule has 0 aromatic carbocycles. The lowest BCUT2D eigenvalue weighted by atomic mass is 10.0.